The lowest BCUT2D eigenvalue weighted by Gasteiger charge is -2.39. The normalized spacial score (nSPS) is 15.5. The molecule has 1 aliphatic heterocycles. The van der Waals surface area contributed by atoms with E-state index in [-0.39, 0.29) is 17.8 Å². The summed E-state index contributed by atoms with van der Waals surface area (Å²) in [6.07, 6.45) is 5.11. The number of benzene rings is 1. The van der Waals surface area contributed by atoms with Crippen LogP contribution in [0.15, 0.2) is 48.7 Å². The number of carbonyl (C=O) groups excluding carboxylic acids is 1. The summed E-state index contributed by atoms with van der Waals surface area (Å²) in [5.74, 6) is -0.135. The predicted molar refractivity (Wildman–Crippen MR) is 118 cm³/mol. The van der Waals surface area contributed by atoms with Gasteiger partial charge in [0.25, 0.3) is 0 Å². The molecule has 0 aliphatic carbocycles. The second-order valence-electron chi connectivity index (χ2n) is 8.34. The van der Waals surface area contributed by atoms with Crippen LogP contribution in [0, 0.1) is 5.82 Å². The average molecular weight is 413 g/mol. The molecule has 0 N–H and O–H groups in total. The molecule has 1 aromatic heterocycles. The first kappa shape index (κ1) is 22.4. The summed E-state index contributed by atoms with van der Waals surface area (Å²) < 4.78 is 13.2. The van der Waals surface area contributed by atoms with E-state index in [1.54, 1.807) is 12.1 Å². The monoisotopic (exact) mass is 412 g/mol. The van der Waals surface area contributed by atoms with Gasteiger partial charge in [0.2, 0.25) is 5.91 Å². The lowest BCUT2D eigenvalue weighted by atomic mass is 10.0. The molecule has 0 radical (unpaired) electrons. The van der Waals surface area contributed by atoms with E-state index in [9.17, 15) is 9.18 Å². The first-order valence-electron chi connectivity index (χ1n) is 10.8. The molecule has 1 aliphatic rings. The zero-order chi connectivity index (χ0) is 21.3. The first-order valence-corrected chi connectivity index (χ1v) is 10.8. The molecule has 1 amide bonds. The number of hydrogen-bond donors (Lipinski definition) is 0. The SMILES string of the molecule is CN(C)CCN(C(=O)Cc1ccc(F)cc1)C1CCN(CCc2ccccn2)CC1. The van der Waals surface area contributed by atoms with E-state index < -0.39 is 0 Å². The third-order valence-corrected chi connectivity index (χ3v) is 5.79. The Bertz CT molecular complexity index is 774. The first-order chi connectivity index (χ1) is 14.5. The zero-order valence-electron chi connectivity index (χ0n) is 18.1. The van der Waals surface area contributed by atoms with Crippen LogP contribution in [0.4, 0.5) is 4.39 Å². The van der Waals surface area contributed by atoms with Gasteiger partial charge in [-0.2, -0.15) is 0 Å². The number of hydrogen-bond acceptors (Lipinski definition) is 4. The highest BCUT2D eigenvalue weighted by Crippen LogP contribution is 2.19. The Kier molecular flexibility index (Phi) is 8.34. The fourth-order valence-corrected chi connectivity index (χ4v) is 3.97. The number of piperidine rings is 1. The average Bonchev–Trinajstić information content (AvgIpc) is 2.75. The number of nitrogens with zero attached hydrogens (tertiary/aromatic N) is 4. The topological polar surface area (TPSA) is 39.7 Å². The van der Waals surface area contributed by atoms with Gasteiger partial charge in [-0.3, -0.25) is 9.78 Å². The number of pyridine rings is 1. The number of rotatable bonds is 9. The van der Waals surface area contributed by atoms with Crippen LogP contribution in [0.3, 0.4) is 0 Å². The molecule has 2 heterocycles. The summed E-state index contributed by atoms with van der Waals surface area (Å²) in [5.41, 5.74) is 1.99. The van der Waals surface area contributed by atoms with Crippen molar-refractivity contribution in [1.29, 1.82) is 0 Å². The maximum absolute atomic E-state index is 13.2. The van der Waals surface area contributed by atoms with Crippen molar-refractivity contribution >= 4 is 5.91 Å². The largest absolute Gasteiger partial charge is 0.338 e. The maximum atomic E-state index is 13.2. The van der Waals surface area contributed by atoms with E-state index in [0.29, 0.717) is 6.42 Å². The third kappa shape index (κ3) is 6.89. The number of amides is 1. The Hall–Kier alpha value is -2.31. The minimum Gasteiger partial charge on any atom is -0.338 e. The van der Waals surface area contributed by atoms with Crippen molar-refractivity contribution in [3.05, 3.63) is 65.7 Å². The van der Waals surface area contributed by atoms with Crippen molar-refractivity contribution in [3.63, 3.8) is 0 Å². The molecule has 1 saturated heterocycles. The minimum absolute atomic E-state index is 0.135. The summed E-state index contributed by atoms with van der Waals surface area (Å²) in [6, 6.07) is 12.6. The number of likely N-dealkylation sites (N-methyl/N-ethyl adjacent to an activating group) is 1. The van der Waals surface area contributed by atoms with Crippen molar-refractivity contribution in [1.82, 2.24) is 19.7 Å². The van der Waals surface area contributed by atoms with Crippen molar-refractivity contribution < 1.29 is 9.18 Å². The van der Waals surface area contributed by atoms with E-state index in [0.717, 1.165) is 63.2 Å². The van der Waals surface area contributed by atoms with Gasteiger partial charge in [-0.05, 0) is 56.8 Å². The molecule has 1 aromatic carbocycles. The molecule has 6 heteroatoms. The molecule has 0 atom stereocenters. The van der Waals surface area contributed by atoms with E-state index in [4.69, 9.17) is 0 Å². The number of halogens is 1. The number of carbonyl (C=O) groups is 1. The molecule has 30 heavy (non-hydrogen) atoms. The van der Waals surface area contributed by atoms with Crippen LogP contribution in [0.5, 0.6) is 0 Å². The number of aromatic nitrogens is 1. The van der Waals surface area contributed by atoms with Gasteiger partial charge in [-0.1, -0.05) is 18.2 Å². The van der Waals surface area contributed by atoms with Gasteiger partial charge >= 0.3 is 0 Å². The van der Waals surface area contributed by atoms with Gasteiger partial charge in [0, 0.05) is 57.1 Å². The second-order valence-corrected chi connectivity index (χ2v) is 8.34. The molecule has 0 bridgehead atoms. The standard InChI is InChI=1S/C24H33FN4O/c1-27(2)17-18-29(24(30)19-20-6-8-21(25)9-7-20)23-11-15-28(16-12-23)14-10-22-5-3-4-13-26-22/h3-9,13,23H,10-12,14-19H2,1-2H3. The van der Waals surface area contributed by atoms with E-state index in [1.807, 2.05) is 32.4 Å². The zero-order valence-corrected chi connectivity index (χ0v) is 18.1. The van der Waals surface area contributed by atoms with Crippen LogP contribution in [-0.4, -0.2) is 78.5 Å². The smallest absolute Gasteiger partial charge is 0.227 e. The highest BCUT2D eigenvalue weighted by Gasteiger charge is 2.27. The van der Waals surface area contributed by atoms with Gasteiger partial charge in [0.15, 0.2) is 0 Å². The van der Waals surface area contributed by atoms with Crippen LogP contribution in [0.2, 0.25) is 0 Å². The molecular weight excluding hydrogens is 379 g/mol. The highest BCUT2D eigenvalue weighted by molar-refractivity contribution is 5.79. The van der Waals surface area contributed by atoms with Crippen LogP contribution >= 0.6 is 0 Å². The quantitative estimate of drug-likeness (QED) is 0.635. The van der Waals surface area contributed by atoms with Gasteiger partial charge in [-0.25, -0.2) is 4.39 Å². The van der Waals surface area contributed by atoms with Crippen LogP contribution in [0.1, 0.15) is 24.1 Å². The van der Waals surface area contributed by atoms with Gasteiger partial charge in [-0.15, -0.1) is 0 Å². The Labute approximate surface area is 179 Å². The second kappa shape index (κ2) is 11.2. The molecule has 2 aromatic rings. The van der Waals surface area contributed by atoms with Gasteiger partial charge in [0.1, 0.15) is 5.82 Å². The van der Waals surface area contributed by atoms with E-state index in [2.05, 4.69) is 25.8 Å². The van der Waals surface area contributed by atoms with Gasteiger partial charge < -0.3 is 14.7 Å². The molecule has 0 saturated carbocycles. The molecule has 0 spiro atoms. The van der Waals surface area contributed by atoms with E-state index in [1.165, 1.54) is 12.1 Å². The van der Waals surface area contributed by atoms with E-state index >= 15 is 0 Å². The summed E-state index contributed by atoms with van der Waals surface area (Å²) in [4.78, 5) is 24.1. The Balaban J connectivity index is 1.54. The van der Waals surface area contributed by atoms with Crippen molar-refractivity contribution in [2.24, 2.45) is 0 Å². The Morgan fingerprint density at radius 3 is 2.47 bits per heavy atom. The lowest BCUT2D eigenvalue weighted by Crippen LogP contribution is -2.50. The molecule has 162 valence electrons. The van der Waals surface area contributed by atoms with Crippen LogP contribution < -0.4 is 0 Å². The summed E-state index contributed by atoms with van der Waals surface area (Å²) >= 11 is 0. The minimum atomic E-state index is -0.270. The fourth-order valence-electron chi connectivity index (χ4n) is 3.97. The summed E-state index contributed by atoms with van der Waals surface area (Å²) in [5, 5.41) is 0. The fraction of sp³-hybridized carbons (Fsp3) is 0.500. The number of likely N-dealkylation sites (tertiary alicyclic amines) is 1. The molecular formula is C24H33FN4O. The molecule has 3 rings (SSSR count). The summed E-state index contributed by atoms with van der Waals surface area (Å²) in [7, 11) is 4.06. The van der Waals surface area contributed by atoms with Crippen molar-refractivity contribution in [2.45, 2.75) is 31.7 Å². The molecule has 1 fully saturated rings. The van der Waals surface area contributed by atoms with Crippen LogP contribution in [-0.2, 0) is 17.6 Å². The lowest BCUT2D eigenvalue weighted by molar-refractivity contribution is -0.134. The predicted octanol–water partition coefficient (Wildman–Crippen LogP) is 2.86. The highest BCUT2D eigenvalue weighted by atomic mass is 19.1. The van der Waals surface area contributed by atoms with Crippen molar-refractivity contribution in [2.75, 3.05) is 46.8 Å². The Morgan fingerprint density at radius 1 is 1.10 bits per heavy atom. The Morgan fingerprint density at radius 2 is 1.83 bits per heavy atom. The van der Waals surface area contributed by atoms with Crippen LogP contribution in [0.25, 0.3) is 0 Å². The molecule has 5 nitrogen and oxygen atoms in total. The molecule has 0 unspecified atom stereocenters. The third-order valence-electron chi connectivity index (χ3n) is 5.79. The maximum Gasteiger partial charge on any atom is 0.227 e. The van der Waals surface area contributed by atoms with Gasteiger partial charge in [0.05, 0.1) is 6.42 Å². The van der Waals surface area contributed by atoms with Crippen molar-refractivity contribution in [3.8, 4) is 0 Å². The summed E-state index contributed by atoms with van der Waals surface area (Å²) in [6.45, 7) is 4.57.